The maximum absolute atomic E-state index is 12.2. The zero-order valence-electron chi connectivity index (χ0n) is 16.9. The topological polar surface area (TPSA) is 59.8 Å². The van der Waals surface area contributed by atoms with E-state index in [-0.39, 0.29) is 5.91 Å². The second-order valence-electron chi connectivity index (χ2n) is 8.72. The molecule has 2 bridgehead atoms. The molecule has 2 aliphatic carbocycles. The van der Waals surface area contributed by atoms with Crippen molar-refractivity contribution in [2.75, 3.05) is 12.3 Å². The number of fused-ring (bicyclic) bond motifs is 2. The molecule has 2 saturated carbocycles. The largest absolute Gasteiger partial charge is 0.355 e. The zero-order valence-corrected chi connectivity index (χ0v) is 18.6. The predicted octanol–water partition coefficient (Wildman–Crippen LogP) is 4.87. The summed E-state index contributed by atoms with van der Waals surface area (Å²) in [6.45, 7) is 7.26. The van der Waals surface area contributed by atoms with Crippen molar-refractivity contribution in [2.24, 2.45) is 23.7 Å². The number of rotatable bonds is 8. The van der Waals surface area contributed by atoms with Gasteiger partial charge in [0.2, 0.25) is 5.91 Å². The highest BCUT2D eigenvalue weighted by atomic mass is 32.2. The Morgan fingerprint density at radius 3 is 2.82 bits per heavy atom. The molecule has 7 heteroatoms. The van der Waals surface area contributed by atoms with Crippen LogP contribution in [0.5, 0.6) is 0 Å². The number of amides is 1. The van der Waals surface area contributed by atoms with E-state index < -0.39 is 0 Å². The minimum Gasteiger partial charge on any atom is -0.355 e. The van der Waals surface area contributed by atoms with Crippen LogP contribution in [0.25, 0.3) is 10.7 Å². The van der Waals surface area contributed by atoms with Gasteiger partial charge in [0.1, 0.15) is 0 Å². The van der Waals surface area contributed by atoms with Crippen molar-refractivity contribution in [2.45, 2.75) is 57.7 Å². The van der Waals surface area contributed by atoms with Crippen LogP contribution in [0.4, 0.5) is 0 Å². The average Bonchev–Trinajstić information content (AvgIpc) is 3.46. The Balaban J connectivity index is 1.54. The Morgan fingerprint density at radius 2 is 2.18 bits per heavy atom. The molecule has 28 heavy (non-hydrogen) atoms. The summed E-state index contributed by atoms with van der Waals surface area (Å²) in [5, 5.41) is 15.0. The first-order valence-corrected chi connectivity index (χ1v) is 12.3. The quantitative estimate of drug-likeness (QED) is 0.622. The van der Waals surface area contributed by atoms with E-state index in [4.69, 9.17) is 0 Å². The molecule has 1 amide bonds. The Bertz CT molecular complexity index is 801. The van der Waals surface area contributed by atoms with Gasteiger partial charge in [-0.3, -0.25) is 9.36 Å². The summed E-state index contributed by atoms with van der Waals surface area (Å²) in [5.74, 6) is 4.32. The van der Waals surface area contributed by atoms with Crippen LogP contribution >= 0.6 is 23.1 Å². The van der Waals surface area contributed by atoms with Crippen molar-refractivity contribution in [1.29, 1.82) is 0 Å². The molecule has 2 aliphatic rings. The highest BCUT2D eigenvalue weighted by Gasteiger charge is 2.43. The van der Waals surface area contributed by atoms with Gasteiger partial charge in [-0.2, -0.15) is 0 Å². The van der Waals surface area contributed by atoms with Crippen molar-refractivity contribution < 1.29 is 4.79 Å². The summed E-state index contributed by atoms with van der Waals surface area (Å²) in [4.78, 5) is 13.4. The van der Waals surface area contributed by atoms with Gasteiger partial charge in [-0.15, -0.1) is 21.5 Å². The van der Waals surface area contributed by atoms with Crippen LogP contribution in [-0.4, -0.2) is 33.0 Å². The number of carbonyl (C=O) groups excluding carboxylic acids is 1. The summed E-state index contributed by atoms with van der Waals surface area (Å²) in [6, 6.07) is 4.54. The second-order valence-corrected chi connectivity index (χ2v) is 10.6. The second kappa shape index (κ2) is 8.57. The Hall–Kier alpha value is -1.34. The number of thioether (sulfide) groups is 1. The lowest BCUT2D eigenvalue weighted by atomic mass is 9.84. The van der Waals surface area contributed by atoms with Gasteiger partial charge in [0.25, 0.3) is 0 Å². The lowest BCUT2D eigenvalue weighted by molar-refractivity contribution is -0.118. The normalized spacial score (nSPS) is 24.8. The lowest BCUT2D eigenvalue weighted by Gasteiger charge is -2.30. The predicted molar refractivity (Wildman–Crippen MR) is 116 cm³/mol. The number of thiophene rings is 1. The van der Waals surface area contributed by atoms with Gasteiger partial charge in [0.05, 0.1) is 10.6 Å². The lowest BCUT2D eigenvalue weighted by Crippen LogP contribution is -2.29. The van der Waals surface area contributed by atoms with Crippen LogP contribution in [0.3, 0.4) is 0 Å². The molecule has 4 unspecified atom stereocenters. The van der Waals surface area contributed by atoms with Crippen LogP contribution in [-0.2, 0) is 4.79 Å². The molecule has 4 atom stereocenters. The van der Waals surface area contributed by atoms with Crippen molar-refractivity contribution >= 4 is 29.0 Å². The number of nitrogens with zero attached hydrogens (tertiary/aromatic N) is 3. The van der Waals surface area contributed by atoms with Gasteiger partial charge in [-0.1, -0.05) is 38.1 Å². The van der Waals surface area contributed by atoms with Crippen LogP contribution in [0.15, 0.2) is 22.7 Å². The van der Waals surface area contributed by atoms with Gasteiger partial charge in [-0.25, -0.2) is 0 Å². The first-order chi connectivity index (χ1) is 13.5. The maximum Gasteiger partial charge on any atom is 0.230 e. The summed E-state index contributed by atoms with van der Waals surface area (Å²) >= 11 is 3.22. The molecule has 0 radical (unpaired) electrons. The number of nitrogens with one attached hydrogen (secondary N) is 1. The van der Waals surface area contributed by atoms with Gasteiger partial charge in [-0.05, 0) is 61.3 Å². The SMILES string of the molecule is CC(C)CNC(=O)CSc1nnc(-c2cccs2)n1C(C)C1CC2CCC1C2. The van der Waals surface area contributed by atoms with E-state index in [9.17, 15) is 4.79 Å². The van der Waals surface area contributed by atoms with E-state index in [2.05, 4.69) is 58.4 Å². The van der Waals surface area contributed by atoms with Crippen LogP contribution in [0.1, 0.15) is 52.5 Å². The number of carbonyl (C=O) groups is 1. The van der Waals surface area contributed by atoms with Gasteiger partial charge in [0, 0.05) is 12.6 Å². The highest BCUT2D eigenvalue weighted by Crippen LogP contribution is 2.53. The van der Waals surface area contributed by atoms with Gasteiger partial charge < -0.3 is 5.32 Å². The number of aromatic nitrogens is 3. The summed E-state index contributed by atoms with van der Waals surface area (Å²) in [6.07, 6.45) is 5.50. The summed E-state index contributed by atoms with van der Waals surface area (Å²) in [7, 11) is 0. The van der Waals surface area contributed by atoms with E-state index in [1.54, 1.807) is 11.3 Å². The molecule has 2 aromatic rings. The molecule has 5 nitrogen and oxygen atoms in total. The van der Waals surface area contributed by atoms with E-state index in [0.29, 0.717) is 30.2 Å². The Labute approximate surface area is 175 Å². The molecule has 152 valence electrons. The molecule has 2 fully saturated rings. The molecular weight excluding hydrogens is 388 g/mol. The number of hydrogen-bond acceptors (Lipinski definition) is 5. The molecular formula is C21H30N4OS2. The molecule has 2 aromatic heterocycles. The summed E-state index contributed by atoms with van der Waals surface area (Å²) < 4.78 is 2.32. The monoisotopic (exact) mass is 418 g/mol. The molecule has 0 spiro atoms. The molecule has 0 aromatic carbocycles. The highest BCUT2D eigenvalue weighted by molar-refractivity contribution is 7.99. The maximum atomic E-state index is 12.2. The fourth-order valence-electron chi connectivity index (χ4n) is 4.89. The summed E-state index contributed by atoms with van der Waals surface area (Å²) in [5.41, 5.74) is 0. The third kappa shape index (κ3) is 4.15. The van der Waals surface area contributed by atoms with E-state index in [0.717, 1.165) is 27.7 Å². The fourth-order valence-corrected chi connectivity index (χ4v) is 6.45. The molecule has 0 saturated heterocycles. The molecule has 0 aliphatic heterocycles. The van der Waals surface area contributed by atoms with Crippen molar-refractivity contribution in [1.82, 2.24) is 20.1 Å². The molecule has 2 heterocycles. The smallest absolute Gasteiger partial charge is 0.230 e. The van der Waals surface area contributed by atoms with Gasteiger partial charge >= 0.3 is 0 Å². The third-order valence-electron chi connectivity index (χ3n) is 6.27. The Kier molecular flexibility index (Phi) is 6.11. The van der Waals surface area contributed by atoms with Gasteiger partial charge in [0.15, 0.2) is 11.0 Å². The minimum atomic E-state index is 0.0681. The van der Waals surface area contributed by atoms with E-state index in [1.165, 1.54) is 37.4 Å². The molecule has 1 N–H and O–H groups in total. The molecule has 4 rings (SSSR count). The first-order valence-electron chi connectivity index (χ1n) is 10.4. The minimum absolute atomic E-state index is 0.0681. The number of hydrogen-bond donors (Lipinski definition) is 1. The third-order valence-corrected chi connectivity index (χ3v) is 8.07. The average molecular weight is 419 g/mol. The zero-order chi connectivity index (χ0) is 19.7. The van der Waals surface area contributed by atoms with Crippen LogP contribution in [0.2, 0.25) is 0 Å². The first kappa shape index (κ1) is 20.0. The van der Waals surface area contributed by atoms with Crippen molar-refractivity contribution in [3.8, 4) is 10.7 Å². The fraction of sp³-hybridized carbons (Fsp3) is 0.667. The van der Waals surface area contributed by atoms with Crippen LogP contribution < -0.4 is 5.32 Å². The van der Waals surface area contributed by atoms with E-state index >= 15 is 0 Å². The Morgan fingerprint density at radius 1 is 1.32 bits per heavy atom. The van der Waals surface area contributed by atoms with Crippen molar-refractivity contribution in [3.63, 3.8) is 0 Å². The standard InChI is InChI=1S/C21H30N4OS2/c1-13(2)11-22-19(26)12-28-21-24-23-20(18-5-4-8-27-18)25(21)14(3)17-10-15-6-7-16(17)9-15/h4-5,8,13-17H,6-7,9-12H2,1-3H3,(H,22,26). The van der Waals surface area contributed by atoms with Crippen LogP contribution in [0, 0.1) is 23.7 Å². The van der Waals surface area contributed by atoms with Crippen molar-refractivity contribution in [3.05, 3.63) is 17.5 Å². The van der Waals surface area contributed by atoms with E-state index in [1.807, 2.05) is 0 Å².